The van der Waals surface area contributed by atoms with Crippen molar-refractivity contribution in [2.45, 2.75) is 19.8 Å². The number of benzene rings is 2. The quantitative estimate of drug-likeness (QED) is 0.444. The van der Waals surface area contributed by atoms with Crippen LogP contribution in [0.1, 0.15) is 29.3 Å². The fraction of sp³-hybridized carbons (Fsp3) is 0.182. The maximum absolute atomic E-state index is 14.8. The van der Waals surface area contributed by atoms with Crippen LogP contribution in [0.5, 0.6) is 0 Å². The van der Waals surface area contributed by atoms with Gasteiger partial charge in [0.1, 0.15) is 17.5 Å². The van der Waals surface area contributed by atoms with E-state index in [4.69, 9.17) is 0 Å². The van der Waals surface area contributed by atoms with Gasteiger partial charge < -0.3 is 5.32 Å². The third-order valence-corrected chi connectivity index (χ3v) is 5.89. The van der Waals surface area contributed by atoms with Crippen molar-refractivity contribution in [1.29, 1.82) is 0 Å². The highest BCUT2D eigenvalue weighted by molar-refractivity contribution is 7.92. The molecule has 0 fully saturated rings. The molecule has 3 rings (SSSR count). The lowest BCUT2D eigenvalue weighted by Crippen LogP contribution is -2.19. The van der Waals surface area contributed by atoms with Gasteiger partial charge in [0, 0.05) is 18.3 Å². The summed E-state index contributed by atoms with van der Waals surface area (Å²) in [6.07, 6.45) is 1.33. The maximum atomic E-state index is 14.8. The van der Waals surface area contributed by atoms with E-state index in [-0.39, 0.29) is 18.0 Å². The zero-order chi connectivity index (χ0) is 23.3. The van der Waals surface area contributed by atoms with Gasteiger partial charge in [-0.2, -0.15) is 0 Å². The van der Waals surface area contributed by atoms with Crippen molar-refractivity contribution in [2.24, 2.45) is 0 Å². The number of carbonyl (C=O) groups excluding carboxylic acids is 1. The highest BCUT2D eigenvalue weighted by atomic mass is 32.2. The lowest BCUT2D eigenvalue weighted by Gasteiger charge is -2.12. The van der Waals surface area contributed by atoms with Crippen molar-refractivity contribution in [3.05, 3.63) is 83.3 Å². The number of Topliss-reactive ketones (excluding diaryl/α,β-unsaturated/α-hetero) is 1. The first-order chi connectivity index (χ1) is 15.2. The van der Waals surface area contributed by atoms with Gasteiger partial charge in [-0.25, -0.2) is 26.6 Å². The normalized spacial score (nSPS) is 11.2. The SMILES string of the molecule is CCCS(=O)(=O)Nc1ccc(F)c(C(=O)Cc2ccc(Nc3ccc(F)cc3)nc2)c1F. The number of halogens is 3. The minimum atomic E-state index is -3.82. The van der Waals surface area contributed by atoms with Crippen LogP contribution in [0.3, 0.4) is 0 Å². The molecule has 0 saturated heterocycles. The van der Waals surface area contributed by atoms with Gasteiger partial charge in [0.05, 0.1) is 17.0 Å². The summed E-state index contributed by atoms with van der Waals surface area (Å²) in [4.78, 5) is 16.7. The molecule has 168 valence electrons. The molecule has 0 radical (unpaired) electrons. The van der Waals surface area contributed by atoms with Gasteiger partial charge >= 0.3 is 0 Å². The summed E-state index contributed by atoms with van der Waals surface area (Å²) >= 11 is 0. The molecule has 1 heterocycles. The van der Waals surface area contributed by atoms with Crippen LogP contribution in [0.2, 0.25) is 0 Å². The number of rotatable bonds is 9. The van der Waals surface area contributed by atoms with Crippen LogP contribution in [-0.2, 0) is 16.4 Å². The number of ketones is 1. The summed E-state index contributed by atoms with van der Waals surface area (Å²) in [5.74, 6) is -3.41. The standard InChI is InChI=1S/C22H20F3N3O3S/c1-2-11-32(30,31)28-18-9-8-17(24)21(22(18)25)19(29)12-14-3-10-20(26-13-14)27-16-6-4-15(23)5-7-16/h3-10,13,28H,2,11-12H2,1H3,(H,26,27). The van der Waals surface area contributed by atoms with Crippen molar-refractivity contribution < 1.29 is 26.4 Å². The van der Waals surface area contributed by atoms with E-state index in [2.05, 4.69) is 10.3 Å². The molecule has 32 heavy (non-hydrogen) atoms. The van der Waals surface area contributed by atoms with Crippen molar-refractivity contribution >= 4 is 33.0 Å². The predicted octanol–water partition coefficient (Wildman–Crippen LogP) is 4.82. The third-order valence-electron chi connectivity index (χ3n) is 4.41. The number of sulfonamides is 1. The van der Waals surface area contributed by atoms with Crippen molar-refractivity contribution in [3.8, 4) is 0 Å². The molecule has 0 spiro atoms. The monoisotopic (exact) mass is 463 g/mol. The van der Waals surface area contributed by atoms with E-state index in [1.807, 2.05) is 4.72 Å². The predicted molar refractivity (Wildman–Crippen MR) is 116 cm³/mol. The molecule has 0 bridgehead atoms. The van der Waals surface area contributed by atoms with E-state index in [1.54, 1.807) is 19.1 Å². The number of hydrogen-bond acceptors (Lipinski definition) is 5. The molecule has 0 aliphatic carbocycles. The molecule has 2 N–H and O–H groups in total. The van der Waals surface area contributed by atoms with Crippen LogP contribution in [0.25, 0.3) is 0 Å². The summed E-state index contributed by atoms with van der Waals surface area (Å²) in [6.45, 7) is 1.64. The second kappa shape index (κ2) is 9.82. The summed E-state index contributed by atoms with van der Waals surface area (Å²) in [5.41, 5.74) is -0.306. The fourth-order valence-corrected chi connectivity index (χ4v) is 4.06. The first-order valence-corrected chi connectivity index (χ1v) is 11.3. The Morgan fingerprint density at radius 2 is 1.72 bits per heavy atom. The second-order valence-electron chi connectivity index (χ2n) is 6.99. The van der Waals surface area contributed by atoms with Crippen molar-refractivity contribution in [3.63, 3.8) is 0 Å². The number of aromatic nitrogens is 1. The second-order valence-corrected chi connectivity index (χ2v) is 8.83. The lowest BCUT2D eigenvalue weighted by atomic mass is 10.0. The Morgan fingerprint density at radius 3 is 2.34 bits per heavy atom. The Kier molecular flexibility index (Phi) is 7.14. The zero-order valence-corrected chi connectivity index (χ0v) is 17.8. The molecule has 0 aliphatic rings. The van der Waals surface area contributed by atoms with Gasteiger partial charge in [0.25, 0.3) is 0 Å². The summed E-state index contributed by atoms with van der Waals surface area (Å²) in [7, 11) is -3.82. The summed E-state index contributed by atoms with van der Waals surface area (Å²) in [5, 5.41) is 2.95. The molecule has 0 atom stereocenters. The molecule has 6 nitrogen and oxygen atoms in total. The van der Waals surface area contributed by atoms with Gasteiger partial charge in [-0.1, -0.05) is 13.0 Å². The molecule has 1 aromatic heterocycles. The van der Waals surface area contributed by atoms with E-state index in [0.717, 1.165) is 12.1 Å². The smallest absolute Gasteiger partial charge is 0.232 e. The molecule has 0 amide bonds. The first-order valence-electron chi connectivity index (χ1n) is 9.67. The highest BCUT2D eigenvalue weighted by Crippen LogP contribution is 2.24. The van der Waals surface area contributed by atoms with Gasteiger partial charge in [0.2, 0.25) is 10.0 Å². The van der Waals surface area contributed by atoms with Gasteiger partial charge in [-0.05, 0) is 54.4 Å². The molecule has 10 heteroatoms. The molecular weight excluding hydrogens is 443 g/mol. The van der Waals surface area contributed by atoms with E-state index in [0.29, 0.717) is 23.5 Å². The number of hydrogen-bond donors (Lipinski definition) is 2. The fourth-order valence-electron chi connectivity index (χ4n) is 2.93. The topological polar surface area (TPSA) is 88.2 Å². The van der Waals surface area contributed by atoms with Crippen LogP contribution in [0.15, 0.2) is 54.7 Å². The Morgan fingerprint density at radius 1 is 1.00 bits per heavy atom. The molecule has 2 aromatic carbocycles. The number of anilines is 3. The number of nitrogens with one attached hydrogen (secondary N) is 2. The van der Waals surface area contributed by atoms with Gasteiger partial charge in [-0.15, -0.1) is 0 Å². The lowest BCUT2D eigenvalue weighted by molar-refractivity contribution is 0.0985. The highest BCUT2D eigenvalue weighted by Gasteiger charge is 2.23. The Labute approximate surface area is 183 Å². The Bertz CT molecular complexity index is 1220. The van der Waals surface area contributed by atoms with Crippen LogP contribution >= 0.6 is 0 Å². The third kappa shape index (κ3) is 5.85. The largest absolute Gasteiger partial charge is 0.340 e. The molecule has 0 saturated carbocycles. The zero-order valence-electron chi connectivity index (χ0n) is 17.0. The van der Waals surface area contributed by atoms with E-state index in [1.165, 1.54) is 30.5 Å². The molecular formula is C22H20F3N3O3S. The number of nitrogens with zero attached hydrogens (tertiary/aromatic N) is 1. The Hall–Kier alpha value is -3.40. The van der Waals surface area contributed by atoms with Crippen LogP contribution in [0, 0.1) is 17.5 Å². The van der Waals surface area contributed by atoms with E-state index in [9.17, 15) is 26.4 Å². The van der Waals surface area contributed by atoms with Crippen LogP contribution in [0.4, 0.5) is 30.4 Å². The average molecular weight is 463 g/mol. The van der Waals surface area contributed by atoms with E-state index < -0.39 is 38.7 Å². The number of pyridine rings is 1. The van der Waals surface area contributed by atoms with Crippen molar-refractivity contribution in [1.82, 2.24) is 4.98 Å². The minimum absolute atomic E-state index is 0.239. The number of carbonyl (C=O) groups is 1. The minimum Gasteiger partial charge on any atom is -0.340 e. The van der Waals surface area contributed by atoms with Gasteiger partial charge in [0.15, 0.2) is 11.6 Å². The molecule has 0 unspecified atom stereocenters. The van der Waals surface area contributed by atoms with Gasteiger partial charge in [-0.3, -0.25) is 9.52 Å². The molecule has 0 aliphatic heterocycles. The maximum Gasteiger partial charge on any atom is 0.232 e. The summed E-state index contributed by atoms with van der Waals surface area (Å²) < 4.78 is 67.8. The summed E-state index contributed by atoms with van der Waals surface area (Å²) in [6, 6.07) is 10.5. The average Bonchev–Trinajstić information content (AvgIpc) is 2.73. The van der Waals surface area contributed by atoms with Crippen molar-refractivity contribution in [2.75, 3.05) is 15.8 Å². The Balaban J connectivity index is 1.75. The first kappa shape index (κ1) is 23.3. The van der Waals surface area contributed by atoms with Crippen LogP contribution in [-0.4, -0.2) is 24.9 Å². The van der Waals surface area contributed by atoms with Crippen LogP contribution < -0.4 is 10.0 Å². The van der Waals surface area contributed by atoms with E-state index >= 15 is 0 Å². The molecule has 3 aromatic rings.